The zero-order chi connectivity index (χ0) is 39.3. The molecule has 55 heavy (non-hydrogen) atoms. The Balaban J connectivity index is 1.30. The number of methoxy groups -OCH3 is 2. The summed E-state index contributed by atoms with van der Waals surface area (Å²) in [5.74, 6) is -1.67. The fraction of sp³-hybridized carbons (Fsp3) is 0.146. The van der Waals surface area contributed by atoms with Gasteiger partial charge >= 0.3 is 5.97 Å². The third-order valence-corrected chi connectivity index (χ3v) is 10.0. The number of carbonyl (C=O) groups is 5. The Morgan fingerprint density at radius 2 is 1.47 bits per heavy atom. The Hall–Kier alpha value is -6.38. The number of rotatable bonds is 15. The number of para-hydroxylation sites is 1. The van der Waals surface area contributed by atoms with Crippen LogP contribution in [0, 0.1) is 6.92 Å². The third-order valence-electron chi connectivity index (χ3n) is 7.85. The van der Waals surface area contributed by atoms with Crippen LogP contribution in [0.3, 0.4) is 0 Å². The fourth-order valence-corrected chi connectivity index (χ4v) is 7.05. The molecule has 0 aliphatic rings. The summed E-state index contributed by atoms with van der Waals surface area (Å²) < 4.78 is 16.0. The molecule has 4 N–H and O–H groups in total. The lowest BCUT2D eigenvalue weighted by Crippen LogP contribution is -2.30. The highest BCUT2D eigenvalue weighted by molar-refractivity contribution is 8.00. The average molecular weight is 779 g/mol. The number of esters is 1. The molecule has 0 saturated carbocycles. The molecular weight excluding hydrogens is 741 g/mol. The molecule has 5 aromatic rings. The van der Waals surface area contributed by atoms with Crippen molar-refractivity contribution in [2.24, 2.45) is 0 Å². The summed E-state index contributed by atoms with van der Waals surface area (Å²) in [5, 5.41) is 11.3. The van der Waals surface area contributed by atoms with Crippen molar-refractivity contribution in [2.45, 2.75) is 18.7 Å². The van der Waals surface area contributed by atoms with Gasteiger partial charge < -0.3 is 35.5 Å². The van der Waals surface area contributed by atoms with E-state index in [-0.39, 0.29) is 33.5 Å². The second-order valence-corrected chi connectivity index (χ2v) is 13.7. The van der Waals surface area contributed by atoms with Crippen LogP contribution in [-0.4, -0.2) is 56.2 Å². The van der Waals surface area contributed by atoms with Crippen molar-refractivity contribution in [2.75, 3.05) is 42.5 Å². The number of nitrogens with one attached hydrogen (secondary N) is 4. The van der Waals surface area contributed by atoms with Gasteiger partial charge in [-0.25, -0.2) is 4.79 Å². The summed E-state index contributed by atoms with van der Waals surface area (Å²) in [7, 11) is 3.01. The molecule has 0 aliphatic heterocycles. The first kappa shape index (κ1) is 39.8. The van der Waals surface area contributed by atoms with Crippen LogP contribution in [0.2, 0.25) is 0 Å². The average Bonchev–Trinajstić information content (AvgIpc) is 3.52. The number of ether oxygens (including phenoxy) is 3. The van der Waals surface area contributed by atoms with Crippen LogP contribution < -0.4 is 30.7 Å². The van der Waals surface area contributed by atoms with Gasteiger partial charge in [-0.05, 0) is 80.1 Å². The number of thioether (sulfide) groups is 1. The summed E-state index contributed by atoms with van der Waals surface area (Å²) >= 11 is 2.18. The molecule has 0 radical (unpaired) electrons. The van der Waals surface area contributed by atoms with Crippen molar-refractivity contribution in [3.8, 4) is 11.5 Å². The zero-order valence-electron chi connectivity index (χ0n) is 30.4. The molecule has 0 saturated heterocycles. The van der Waals surface area contributed by atoms with Gasteiger partial charge in [-0.15, -0.1) is 23.1 Å². The molecule has 0 atom stereocenters. The van der Waals surface area contributed by atoms with Crippen LogP contribution in [0.4, 0.5) is 16.4 Å². The highest BCUT2D eigenvalue weighted by atomic mass is 32.2. The number of thiophene rings is 1. The van der Waals surface area contributed by atoms with Crippen molar-refractivity contribution < 1.29 is 38.2 Å². The molecule has 1 aromatic heterocycles. The van der Waals surface area contributed by atoms with E-state index in [2.05, 4.69) is 21.3 Å². The van der Waals surface area contributed by atoms with E-state index in [1.54, 1.807) is 111 Å². The molecular formula is C41H38N4O8S2. The quantitative estimate of drug-likeness (QED) is 0.0476. The Morgan fingerprint density at radius 3 is 2.16 bits per heavy atom. The smallest absolute Gasteiger partial charge is 0.341 e. The SMILES string of the molecule is CCOC(=O)c1c(NC(=O)CSc2cccc(NC(=O)/C(=C\c3ccc(OC)cc3OC)NC(=O)c3ccccc3)c2)sc(C(=O)Nc2ccccc2)c1C. The van der Waals surface area contributed by atoms with Gasteiger partial charge in [0.25, 0.3) is 17.7 Å². The minimum atomic E-state index is -0.653. The van der Waals surface area contributed by atoms with Crippen LogP contribution in [0.15, 0.2) is 114 Å². The van der Waals surface area contributed by atoms with E-state index in [1.807, 2.05) is 6.07 Å². The van der Waals surface area contributed by atoms with Crippen molar-refractivity contribution >= 4 is 75.1 Å². The lowest BCUT2D eigenvalue weighted by molar-refractivity contribution is -0.114. The van der Waals surface area contributed by atoms with Crippen LogP contribution in [0.1, 0.15) is 48.4 Å². The van der Waals surface area contributed by atoms with Crippen molar-refractivity contribution in [1.82, 2.24) is 5.32 Å². The molecule has 0 fully saturated rings. The molecule has 282 valence electrons. The first-order chi connectivity index (χ1) is 26.6. The van der Waals surface area contributed by atoms with E-state index in [0.717, 1.165) is 11.3 Å². The van der Waals surface area contributed by atoms with E-state index in [4.69, 9.17) is 14.2 Å². The first-order valence-corrected chi connectivity index (χ1v) is 18.7. The second kappa shape index (κ2) is 19.1. The van der Waals surface area contributed by atoms with Gasteiger partial charge in [0.05, 0.1) is 37.0 Å². The Bertz CT molecular complexity index is 2220. The Labute approximate surface area is 326 Å². The Morgan fingerprint density at radius 1 is 0.764 bits per heavy atom. The van der Waals surface area contributed by atoms with E-state index in [9.17, 15) is 24.0 Å². The van der Waals surface area contributed by atoms with Crippen LogP contribution in [0.5, 0.6) is 11.5 Å². The molecule has 0 spiro atoms. The predicted octanol–water partition coefficient (Wildman–Crippen LogP) is 7.64. The molecule has 0 aliphatic carbocycles. The van der Waals surface area contributed by atoms with Crippen LogP contribution >= 0.6 is 23.1 Å². The number of carbonyl (C=O) groups excluding carboxylic acids is 5. The highest BCUT2D eigenvalue weighted by Gasteiger charge is 2.27. The summed E-state index contributed by atoms with van der Waals surface area (Å²) in [6.45, 7) is 3.42. The number of amides is 4. The van der Waals surface area contributed by atoms with Crippen LogP contribution in [-0.2, 0) is 14.3 Å². The van der Waals surface area contributed by atoms with E-state index in [0.29, 0.717) is 44.5 Å². The van der Waals surface area contributed by atoms with E-state index >= 15 is 0 Å². The summed E-state index contributed by atoms with van der Waals surface area (Å²) in [4.78, 5) is 67.1. The maximum Gasteiger partial charge on any atom is 0.341 e. The monoisotopic (exact) mass is 778 g/mol. The predicted molar refractivity (Wildman–Crippen MR) is 215 cm³/mol. The van der Waals surface area contributed by atoms with Gasteiger partial charge in [-0.1, -0.05) is 42.5 Å². The van der Waals surface area contributed by atoms with Crippen molar-refractivity contribution in [1.29, 1.82) is 0 Å². The topological polar surface area (TPSA) is 161 Å². The maximum atomic E-state index is 13.7. The van der Waals surface area contributed by atoms with E-state index < -0.39 is 29.6 Å². The molecule has 1 heterocycles. The van der Waals surface area contributed by atoms with Crippen molar-refractivity contribution in [3.63, 3.8) is 0 Å². The molecule has 4 aromatic carbocycles. The second-order valence-electron chi connectivity index (χ2n) is 11.6. The largest absolute Gasteiger partial charge is 0.497 e. The number of hydrogen-bond acceptors (Lipinski definition) is 10. The summed E-state index contributed by atoms with van der Waals surface area (Å²) in [6.07, 6.45) is 1.50. The summed E-state index contributed by atoms with van der Waals surface area (Å²) in [5.41, 5.74) is 2.33. The van der Waals surface area contributed by atoms with Gasteiger partial charge in [-0.3, -0.25) is 19.2 Å². The molecule has 14 heteroatoms. The van der Waals surface area contributed by atoms with Gasteiger partial charge in [0.1, 0.15) is 22.2 Å². The zero-order valence-corrected chi connectivity index (χ0v) is 32.0. The third kappa shape index (κ3) is 10.6. The summed E-state index contributed by atoms with van der Waals surface area (Å²) in [6, 6.07) is 29.3. The lowest BCUT2D eigenvalue weighted by atomic mass is 10.1. The molecule has 5 rings (SSSR count). The lowest BCUT2D eigenvalue weighted by Gasteiger charge is -2.13. The first-order valence-electron chi connectivity index (χ1n) is 16.9. The maximum absolute atomic E-state index is 13.7. The molecule has 0 unspecified atom stereocenters. The molecule has 0 bridgehead atoms. The number of benzene rings is 4. The molecule has 4 amide bonds. The number of hydrogen-bond donors (Lipinski definition) is 4. The highest BCUT2D eigenvalue weighted by Crippen LogP contribution is 2.35. The number of anilines is 3. The molecule has 12 nitrogen and oxygen atoms in total. The normalized spacial score (nSPS) is 10.9. The standard InChI is InChI=1S/C41H38N4O8S2/c1-5-53-41(50)35-25(2)36(39(49)42-28-15-10-7-11-16-28)55-40(35)45-34(46)24-54-31-18-12-17-29(22-31)43-38(48)32(44-37(47)26-13-8-6-9-14-26)21-27-19-20-30(51-3)23-33(27)52-4/h6-23H,5,24H2,1-4H3,(H,42,49)(H,43,48)(H,44,47)(H,45,46)/b32-21+. The Kier molecular flexibility index (Phi) is 13.8. The van der Waals surface area contributed by atoms with Crippen LogP contribution in [0.25, 0.3) is 6.08 Å². The van der Waals surface area contributed by atoms with Gasteiger partial charge in [0, 0.05) is 33.5 Å². The van der Waals surface area contributed by atoms with E-state index in [1.165, 1.54) is 32.1 Å². The van der Waals surface area contributed by atoms with Gasteiger partial charge in [-0.2, -0.15) is 0 Å². The minimum Gasteiger partial charge on any atom is -0.497 e. The fourth-order valence-electron chi connectivity index (χ4n) is 5.19. The van der Waals surface area contributed by atoms with Crippen molar-refractivity contribution in [3.05, 3.63) is 136 Å². The minimum absolute atomic E-state index is 0.0461. The van der Waals surface area contributed by atoms with Gasteiger partial charge in [0.2, 0.25) is 5.91 Å². The van der Waals surface area contributed by atoms with Gasteiger partial charge in [0.15, 0.2) is 0 Å².